The summed E-state index contributed by atoms with van der Waals surface area (Å²) in [5, 5.41) is 3.38. The maximum Gasteiger partial charge on any atom is 0.339 e. The van der Waals surface area contributed by atoms with Crippen molar-refractivity contribution in [3.8, 4) is 11.4 Å². The summed E-state index contributed by atoms with van der Waals surface area (Å²) in [5.74, 6) is -1.02. The minimum absolute atomic E-state index is 0.332. The predicted octanol–water partition coefficient (Wildman–Crippen LogP) is 5.16. The van der Waals surface area contributed by atoms with Crippen molar-refractivity contribution in [2.75, 3.05) is 11.9 Å². The Hall–Kier alpha value is -3.58. The van der Waals surface area contributed by atoms with Crippen LogP contribution in [0.1, 0.15) is 15.9 Å². The van der Waals surface area contributed by atoms with Gasteiger partial charge in [0.2, 0.25) is 0 Å². The summed E-state index contributed by atoms with van der Waals surface area (Å²) in [7, 11) is 0. The van der Waals surface area contributed by atoms with E-state index in [1.54, 1.807) is 24.4 Å². The van der Waals surface area contributed by atoms with E-state index in [9.17, 15) is 9.59 Å². The molecule has 0 aliphatic rings. The number of ether oxygens (including phenoxy) is 1. The Kier molecular flexibility index (Phi) is 6.04. The van der Waals surface area contributed by atoms with E-state index in [1.807, 2.05) is 55.5 Å². The van der Waals surface area contributed by atoms with Gasteiger partial charge in [-0.1, -0.05) is 40.2 Å². The van der Waals surface area contributed by atoms with Crippen LogP contribution in [0.2, 0.25) is 0 Å². The number of halogens is 1. The number of fused-ring (bicyclic) bond motifs is 1. The lowest BCUT2D eigenvalue weighted by Gasteiger charge is -2.10. The molecule has 0 aliphatic heterocycles. The van der Waals surface area contributed by atoms with E-state index in [0.29, 0.717) is 33.5 Å². The number of benzene rings is 2. The lowest BCUT2D eigenvalue weighted by molar-refractivity contribution is -0.119. The van der Waals surface area contributed by atoms with Gasteiger partial charge in [0.15, 0.2) is 6.61 Å². The molecule has 4 rings (SSSR count). The molecular formula is C24H18BrN3O3. The fourth-order valence-electron chi connectivity index (χ4n) is 3.12. The number of rotatable bonds is 5. The number of esters is 1. The highest BCUT2D eigenvalue weighted by molar-refractivity contribution is 9.10. The van der Waals surface area contributed by atoms with Gasteiger partial charge >= 0.3 is 5.97 Å². The zero-order chi connectivity index (χ0) is 21.8. The second-order valence-electron chi connectivity index (χ2n) is 6.88. The molecule has 0 bridgehead atoms. The van der Waals surface area contributed by atoms with Gasteiger partial charge in [0, 0.05) is 21.7 Å². The summed E-state index contributed by atoms with van der Waals surface area (Å²) in [6, 6.07) is 19.9. The zero-order valence-corrected chi connectivity index (χ0v) is 18.2. The Labute approximate surface area is 187 Å². The van der Waals surface area contributed by atoms with Crippen LogP contribution in [-0.4, -0.2) is 28.5 Å². The number of amides is 1. The summed E-state index contributed by atoms with van der Waals surface area (Å²) in [4.78, 5) is 34.0. The second-order valence-corrected chi connectivity index (χ2v) is 7.73. The van der Waals surface area contributed by atoms with Crippen molar-refractivity contribution >= 4 is 44.4 Å². The molecule has 0 saturated carbocycles. The molecule has 0 fully saturated rings. The highest BCUT2D eigenvalue weighted by Gasteiger charge is 2.17. The second kappa shape index (κ2) is 9.06. The SMILES string of the molecule is Cc1cc(NC(=O)COC(=O)c2cc(-c3ccccn3)nc3ccccc23)ccc1Br. The summed E-state index contributed by atoms with van der Waals surface area (Å²) < 4.78 is 6.26. The molecule has 0 radical (unpaired) electrons. The first-order valence-corrected chi connectivity index (χ1v) is 10.3. The van der Waals surface area contributed by atoms with Gasteiger partial charge in [0.05, 0.1) is 22.5 Å². The molecule has 4 aromatic rings. The van der Waals surface area contributed by atoms with Gasteiger partial charge in [-0.2, -0.15) is 0 Å². The Bertz CT molecular complexity index is 1280. The number of pyridine rings is 2. The minimum atomic E-state index is -0.599. The molecule has 2 aromatic heterocycles. The number of nitrogens with zero attached hydrogens (tertiary/aromatic N) is 2. The van der Waals surface area contributed by atoms with Crippen LogP contribution in [0.15, 0.2) is 77.4 Å². The molecule has 0 spiro atoms. The molecule has 7 heteroatoms. The first-order valence-electron chi connectivity index (χ1n) is 9.55. The number of carbonyl (C=O) groups excluding carboxylic acids is 2. The lowest BCUT2D eigenvalue weighted by Crippen LogP contribution is -2.21. The molecule has 0 unspecified atom stereocenters. The van der Waals surface area contributed by atoms with Crippen molar-refractivity contribution in [2.24, 2.45) is 0 Å². The minimum Gasteiger partial charge on any atom is -0.452 e. The molecule has 31 heavy (non-hydrogen) atoms. The summed E-state index contributed by atoms with van der Waals surface area (Å²) in [6.45, 7) is 1.52. The number of carbonyl (C=O) groups is 2. The first kappa shape index (κ1) is 20.7. The van der Waals surface area contributed by atoms with E-state index >= 15 is 0 Å². The zero-order valence-electron chi connectivity index (χ0n) is 16.6. The normalized spacial score (nSPS) is 10.6. The number of aryl methyl sites for hydroxylation is 1. The van der Waals surface area contributed by atoms with Crippen LogP contribution in [0, 0.1) is 6.92 Å². The molecule has 0 saturated heterocycles. The van der Waals surface area contributed by atoms with Crippen molar-refractivity contribution < 1.29 is 14.3 Å². The van der Waals surface area contributed by atoms with Crippen LogP contribution < -0.4 is 5.32 Å². The molecule has 2 heterocycles. The molecule has 154 valence electrons. The Balaban J connectivity index is 1.54. The number of anilines is 1. The van der Waals surface area contributed by atoms with Crippen LogP contribution in [0.4, 0.5) is 5.69 Å². The third kappa shape index (κ3) is 4.78. The third-order valence-corrected chi connectivity index (χ3v) is 5.53. The smallest absolute Gasteiger partial charge is 0.339 e. The molecular weight excluding hydrogens is 458 g/mol. The van der Waals surface area contributed by atoms with Crippen molar-refractivity contribution in [2.45, 2.75) is 6.92 Å². The largest absolute Gasteiger partial charge is 0.452 e. The number of para-hydroxylation sites is 1. The van der Waals surface area contributed by atoms with Crippen molar-refractivity contribution in [3.05, 3.63) is 88.5 Å². The van der Waals surface area contributed by atoms with E-state index < -0.39 is 18.5 Å². The lowest BCUT2D eigenvalue weighted by atomic mass is 10.1. The molecule has 0 aliphatic carbocycles. The van der Waals surface area contributed by atoms with E-state index in [4.69, 9.17) is 4.74 Å². The number of nitrogens with one attached hydrogen (secondary N) is 1. The molecule has 1 N–H and O–H groups in total. The van der Waals surface area contributed by atoms with Crippen molar-refractivity contribution in [1.82, 2.24) is 9.97 Å². The van der Waals surface area contributed by atoms with Gasteiger partial charge in [-0.15, -0.1) is 0 Å². The topological polar surface area (TPSA) is 81.2 Å². The highest BCUT2D eigenvalue weighted by atomic mass is 79.9. The molecule has 1 amide bonds. The van der Waals surface area contributed by atoms with Gasteiger partial charge in [0.25, 0.3) is 5.91 Å². The summed E-state index contributed by atoms with van der Waals surface area (Å²) >= 11 is 3.42. The summed E-state index contributed by atoms with van der Waals surface area (Å²) in [5.41, 5.74) is 3.80. The average molecular weight is 476 g/mol. The van der Waals surface area contributed by atoms with E-state index in [1.165, 1.54) is 0 Å². The number of aromatic nitrogens is 2. The van der Waals surface area contributed by atoms with E-state index in [0.717, 1.165) is 10.0 Å². The van der Waals surface area contributed by atoms with E-state index in [2.05, 4.69) is 31.2 Å². The molecule has 2 aromatic carbocycles. The summed E-state index contributed by atoms with van der Waals surface area (Å²) in [6.07, 6.45) is 1.67. The Morgan fingerprint density at radius 2 is 1.81 bits per heavy atom. The van der Waals surface area contributed by atoms with Crippen LogP contribution in [0.3, 0.4) is 0 Å². The van der Waals surface area contributed by atoms with Gasteiger partial charge in [-0.3, -0.25) is 9.78 Å². The van der Waals surface area contributed by atoms with Crippen LogP contribution in [-0.2, 0) is 9.53 Å². The standard InChI is InChI=1S/C24H18BrN3O3/c1-15-12-16(9-10-19(15)25)27-23(29)14-31-24(30)18-13-22(21-8-4-5-11-26-21)28-20-7-3-2-6-17(18)20/h2-13H,14H2,1H3,(H,27,29). The number of hydrogen-bond acceptors (Lipinski definition) is 5. The fraction of sp³-hybridized carbons (Fsp3) is 0.0833. The molecule has 6 nitrogen and oxygen atoms in total. The highest BCUT2D eigenvalue weighted by Crippen LogP contribution is 2.24. The first-order chi connectivity index (χ1) is 15.0. The van der Waals surface area contributed by atoms with Gasteiger partial charge in [-0.05, 0) is 55.0 Å². The Morgan fingerprint density at radius 3 is 2.58 bits per heavy atom. The average Bonchev–Trinajstić information content (AvgIpc) is 2.79. The van der Waals surface area contributed by atoms with E-state index in [-0.39, 0.29) is 0 Å². The predicted molar refractivity (Wildman–Crippen MR) is 123 cm³/mol. The maximum atomic E-state index is 12.8. The van der Waals surface area contributed by atoms with Gasteiger partial charge < -0.3 is 10.1 Å². The van der Waals surface area contributed by atoms with Crippen LogP contribution >= 0.6 is 15.9 Å². The maximum absolute atomic E-state index is 12.8. The molecule has 0 atom stereocenters. The monoisotopic (exact) mass is 475 g/mol. The van der Waals surface area contributed by atoms with Crippen molar-refractivity contribution in [3.63, 3.8) is 0 Å². The third-order valence-electron chi connectivity index (χ3n) is 4.64. The van der Waals surface area contributed by atoms with Crippen molar-refractivity contribution in [1.29, 1.82) is 0 Å². The van der Waals surface area contributed by atoms with Crippen LogP contribution in [0.5, 0.6) is 0 Å². The Morgan fingerprint density at radius 1 is 1.00 bits per heavy atom. The fourth-order valence-corrected chi connectivity index (χ4v) is 3.36. The van der Waals surface area contributed by atoms with Gasteiger partial charge in [0.1, 0.15) is 0 Å². The van der Waals surface area contributed by atoms with Crippen LogP contribution in [0.25, 0.3) is 22.3 Å². The van der Waals surface area contributed by atoms with Gasteiger partial charge in [-0.25, -0.2) is 9.78 Å². The number of hydrogen-bond donors (Lipinski definition) is 1. The quantitative estimate of drug-likeness (QED) is 0.403.